The van der Waals surface area contributed by atoms with E-state index in [4.69, 9.17) is 0 Å². The highest BCUT2D eigenvalue weighted by molar-refractivity contribution is 5.99. The van der Waals surface area contributed by atoms with Gasteiger partial charge in [-0.1, -0.05) is 30.3 Å². The first kappa shape index (κ1) is 15.4. The number of aromatic nitrogens is 5. The molecule has 2 aromatic carbocycles. The van der Waals surface area contributed by atoms with E-state index in [1.807, 2.05) is 48.5 Å². The van der Waals surface area contributed by atoms with Crippen LogP contribution < -0.4 is 10.9 Å². The van der Waals surface area contributed by atoms with Gasteiger partial charge in [0.1, 0.15) is 11.4 Å². The average Bonchev–Trinajstić information content (AvgIpc) is 3.35. The van der Waals surface area contributed by atoms with Crippen LogP contribution in [0.2, 0.25) is 0 Å². The minimum absolute atomic E-state index is 0.195. The maximum atomic E-state index is 12.9. The third-order valence-corrected chi connectivity index (χ3v) is 4.56. The molecular formula is C20H16N6O. The van der Waals surface area contributed by atoms with Crippen molar-refractivity contribution in [2.24, 2.45) is 0 Å². The molecule has 5 aromatic rings. The fourth-order valence-corrected chi connectivity index (χ4v) is 3.29. The maximum Gasteiger partial charge on any atom is 0.261 e. The van der Waals surface area contributed by atoms with E-state index < -0.39 is 0 Å². The Balaban J connectivity index is 1.73. The lowest BCUT2D eigenvalue weighted by atomic mass is 10.1. The molecule has 0 atom stereocenters. The molecule has 0 amide bonds. The summed E-state index contributed by atoms with van der Waals surface area (Å²) in [5.41, 5.74) is 4.44. The zero-order valence-electron chi connectivity index (χ0n) is 14.3. The van der Waals surface area contributed by atoms with Gasteiger partial charge in [0.15, 0.2) is 0 Å². The molecule has 4 N–H and O–H groups in total. The van der Waals surface area contributed by atoms with Crippen molar-refractivity contribution in [3.8, 4) is 11.4 Å². The standard InChI is InChI=1S/C20H16N6O/c27-20-17(19-24-15-7-3-4-8-16(15)25-19)18(22-10-12-9-21-11-23-12)13-5-1-2-6-14(13)26-20/h1-9,11H,10H2,(H,21,23)(H,24,25)(H2,22,26,27). The van der Waals surface area contributed by atoms with Crippen molar-refractivity contribution in [1.82, 2.24) is 24.9 Å². The van der Waals surface area contributed by atoms with Crippen LogP contribution in [0.1, 0.15) is 5.69 Å². The predicted octanol–water partition coefficient (Wildman–Crippen LogP) is 3.41. The highest BCUT2D eigenvalue weighted by Gasteiger charge is 2.17. The highest BCUT2D eigenvalue weighted by atomic mass is 16.1. The number of pyridine rings is 1. The minimum atomic E-state index is -0.195. The molecule has 27 heavy (non-hydrogen) atoms. The number of anilines is 1. The number of fused-ring (bicyclic) bond motifs is 2. The van der Waals surface area contributed by atoms with Crippen molar-refractivity contribution in [2.75, 3.05) is 5.32 Å². The second-order valence-electron chi connectivity index (χ2n) is 6.28. The molecular weight excluding hydrogens is 340 g/mol. The third-order valence-electron chi connectivity index (χ3n) is 4.56. The number of H-pyrrole nitrogens is 3. The van der Waals surface area contributed by atoms with Crippen molar-refractivity contribution in [3.63, 3.8) is 0 Å². The van der Waals surface area contributed by atoms with Crippen LogP contribution in [0.5, 0.6) is 0 Å². The summed E-state index contributed by atoms with van der Waals surface area (Å²) in [7, 11) is 0. The van der Waals surface area contributed by atoms with Crippen molar-refractivity contribution in [3.05, 3.63) is 77.1 Å². The number of imidazole rings is 2. The molecule has 7 nitrogen and oxygen atoms in total. The Labute approximate surface area is 153 Å². The van der Waals surface area contributed by atoms with Crippen LogP contribution >= 0.6 is 0 Å². The summed E-state index contributed by atoms with van der Waals surface area (Å²) in [6.45, 7) is 0.515. The van der Waals surface area contributed by atoms with E-state index in [1.165, 1.54) is 0 Å². The zero-order valence-corrected chi connectivity index (χ0v) is 14.3. The average molecular weight is 356 g/mol. The van der Waals surface area contributed by atoms with Gasteiger partial charge in [-0.2, -0.15) is 0 Å². The van der Waals surface area contributed by atoms with Gasteiger partial charge in [-0.15, -0.1) is 0 Å². The molecule has 0 spiro atoms. The second-order valence-corrected chi connectivity index (χ2v) is 6.28. The lowest BCUT2D eigenvalue weighted by molar-refractivity contribution is 1.07. The Bertz CT molecular complexity index is 1270. The highest BCUT2D eigenvalue weighted by Crippen LogP contribution is 2.30. The van der Waals surface area contributed by atoms with Gasteiger partial charge in [-0.3, -0.25) is 4.79 Å². The maximum absolute atomic E-state index is 12.9. The Morgan fingerprint density at radius 2 is 1.78 bits per heavy atom. The van der Waals surface area contributed by atoms with E-state index in [-0.39, 0.29) is 5.56 Å². The minimum Gasteiger partial charge on any atom is -0.378 e. The molecule has 0 bridgehead atoms. The fourth-order valence-electron chi connectivity index (χ4n) is 3.29. The molecule has 3 aromatic heterocycles. The zero-order chi connectivity index (χ0) is 18.2. The molecule has 7 heteroatoms. The van der Waals surface area contributed by atoms with Crippen LogP contribution in [0.15, 0.2) is 65.8 Å². The van der Waals surface area contributed by atoms with Gasteiger partial charge in [0, 0.05) is 11.6 Å². The first-order valence-electron chi connectivity index (χ1n) is 8.61. The first-order valence-corrected chi connectivity index (χ1v) is 8.61. The van der Waals surface area contributed by atoms with Crippen LogP contribution in [0.3, 0.4) is 0 Å². The molecule has 0 aliphatic rings. The van der Waals surface area contributed by atoms with Gasteiger partial charge in [0.2, 0.25) is 0 Å². The fraction of sp³-hybridized carbons (Fsp3) is 0.0500. The monoisotopic (exact) mass is 356 g/mol. The first-order chi connectivity index (χ1) is 13.3. The van der Waals surface area contributed by atoms with Crippen molar-refractivity contribution >= 4 is 27.6 Å². The summed E-state index contributed by atoms with van der Waals surface area (Å²) in [6.07, 6.45) is 3.39. The van der Waals surface area contributed by atoms with E-state index in [2.05, 4.69) is 30.2 Å². The molecule has 3 heterocycles. The number of benzene rings is 2. The van der Waals surface area contributed by atoms with Gasteiger partial charge < -0.3 is 20.3 Å². The summed E-state index contributed by atoms with van der Waals surface area (Å²) in [6, 6.07) is 15.4. The summed E-state index contributed by atoms with van der Waals surface area (Å²) in [4.78, 5) is 30.9. The molecule has 5 rings (SSSR count). The lowest BCUT2D eigenvalue weighted by Crippen LogP contribution is -2.14. The van der Waals surface area contributed by atoms with Crippen molar-refractivity contribution in [1.29, 1.82) is 0 Å². The Morgan fingerprint density at radius 3 is 2.59 bits per heavy atom. The topological polar surface area (TPSA) is 102 Å². The normalized spacial score (nSPS) is 11.3. The van der Waals surface area contributed by atoms with Crippen molar-refractivity contribution < 1.29 is 0 Å². The summed E-state index contributed by atoms with van der Waals surface area (Å²) in [5, 5.41) is 4.31. The van der Waals surface area contributed by atoms with Crippen LogP contribution in [-0.4, -0.2) is 24.9 Å². The quantitative estimate of drug-likeness (QED) is 0.396. The molecule has 0 radical (unpaired) electrons. The van der Waals surface area contributed by atoms with Crippen LogP contribution in [0, 0.1) is 0 Å². The van der Waals surface area contributed by atoms with Gasteiger partial charge in [0.05, 0.1) is 40.8 Å². The number of rotatable bonds is 4. The molecule has 0 saturated heterocycles. The number of nitrogens with one attached hydrogen (secondary N) is 4. The van der Waals surface area contributed by atoms with E-state index in [9.17, 15) is 4.79 Å². The lowest BCUT2D eigenvalue weighted by Gasteiger charge is -2.13. The Hall–Kier alpha value is -3.87. The molecule has 0 aliphatic carbocycles. The smallest absolute Gasteiger partial charge is 0.261 e. The van der Waals surface area contributed by atoms with Crippen LogP contribution in [0.25, 0.3) is 33.3 Å². The third kappa shape index (κ3) is 2.65. The Morgan fingerprint density at radius 1 is 0.963 bits per heavy atom. The van der Waals surface area contributed by atoms with E-state index in [1.54, 1.807) is 12.5 Å². The van der Waals surface area contributed by atoms with Crippen molar-refractivity contribution in [2.45, 2.75) is 6.54 Å². The summed E-state index contributed by atoms with van der Waals surface area (Å²) in [5.74, 6) is 0.537. The van der Waals surface area contributed by atoms with E-state index in [0.29, 0.717) is 17.9 Å². The van der Waals surface area contributed by atoms with Gasteiger partial charge >= 0.3 is 0 Å². The Kier molecular flexibility index (Phi) is 3.50. The molecule has 0 aliphatic heterocycles. The van der Waals surface area contributed by atoms with E-state index in [0.717, 1.165) is 33.3 Å². The molecule has 0 saturated carbocycles. The van der Waals surface area contributed by atoms with Gasteiger partial charge in [0.25, 0.3) is 5.56 Å². The summed E-state index contributed by atoms with van der Waals surface area (Å²) >= 11 is 0. The number of nitrogens with zero attached hydrogens (tertiary/aromatic N) is 2. The van der Waals surface area contributed by atoms with E-state index >= 15 is 0 Å². The summed E-state index contributed by atoms with van der Waals surface area (Å²) < 4.78 is 0. The van der Waals surface area contributed by atoms with Gasteiger partial charge in [-0.05, 0) is 18.2 Å². The SMILES string of the molecule is O=c1[nH]c2ccccc2c(NCc2cnc[nH]2)c1-c1nc2ccccc2[nH]1. The molecule has 132 valence electrons. The molecule has 0 unspecified atom stereocenters. The number of para-hydroxylation sites is 3. The second kappa shape index (κ2) is 6.14. The predicted molar refractivity (Wildman–Crippen MR) is 106 cm³/mol. The number of hydrogen-bond acceptors (Lipinski definition) is 4. The van der Waals surface area contributed by atoms with Crippen LogP contribution in [-0.2, 0) is 6.54 Å². The number of aromatic amines is 3. The van der Waals surface area contributed by atoms with Gasteiger partial charge in [-0.25, -0.2) is 9.97 Å². The largest absolute Gasteiger partial charge is 0.378 e. The van der Waals surface area contributed by atoms with Crippen LogP contribution in [0.4, 0.5) is 5.69 Å². The number of hydrogen-bond donors (Lipinski definition) is 4. The molecule has 0 fully saturated rings.